The topological polar surface area (TPSA) is 20.3 Å². The average molecular weight is 201 g/mol. The van der Waals surface area contributed by atoms with Gasteiger partial charge >= 0.3 is 0 Å². The van der Waals surface area contributed by atoms with Gasteiger partial charge in [0.05, 0.1) is 0 Å². The molecule has 0 radical (unpaired) electrons. The van der Waals surface area contributed by atoms with Crippen molar-refractivity contribution in [3.63, 3.8) is 0 Å². The quantitative estimate of drug-likeness (QED) is 0.589. The maximum Gasteiger partial charge on any atom is 0.227 e. The number of nitrogens with zero attached hydrogens (tertiary/aromatic N) is 1. The van der Waals surface area contributed by atoms with Crippen LogP contribution in [0.25, 0.3) is 0 Å². The molecule has 3 rings (SSSR count). The van der Waals surface area contributed by atoms with Gasteiger partial charge in [-0.15, -0.1) is 0 Å². The molecule has 3 aliphatic rings. The van der Waals surface area contributed by atoms with Crippen molar-refractivity contribution in [2.75, 3.05) is 6.54 Å². The summed E-state index contributed by atoms with van der Waals surface area (Å²) in [5, 5.41) is 0. The molecule has 1 saturated heterocycles. The Morgan fingerprint density at radius 1 is 1.33 bits per heavy atom. The molecular weight excluding hydrogens is 186 g/mol. The predicted molar refractivity (Wildman–Crippen MR) is 59.0 cm³/mol. The Kier molecular flexibility index (Phi) is 1.84. The summed E-state index contributed by atoms with van der Waals surface area (Å²) in [6.07, 6.45) is 9.40. The van der Waals surface area contributed by atoms with Crippen molar-refractivity contribution < 1.29 is 4.79 Å². The van der Waals surface area contributed by atoms with Crippen LogP contribution in [0.1, 0.15) is 26.2 Å². The second-order valence-electron chi connectivity index (χ2n) is 4.58. The highest BCUT2D eigenvalue weighted by Crippen LogP contribution is 2.38. The van der Waals surface area contributed by atoms with Crippen LogP contribution < -0.4 is 0 Å². The molecule has 1 fully saturated rings. The molecule has 0 saturated carbocycles. The van der Waals surface area contributed by atoms with Gasteiger partial charge in [-0.3, -0.25) is 4.79 Å². The zero-order valence-corrected chi connectivity index (χ0v) is 8.99. The SMILES string of the molecule is CC1C=CC2=C3C(=C1)CCN3C(=O)CC2. The van der Waals surface area contributed by atoms with E-state index in [0.29, 0.717) is 18.2 Å². The first-order valence-electron chi connectivity index (χ1n) is 5.68. The van der Waals surface area contributed by atoms with Crippen LogP contribution in [0.3, 0.4) is 0 Å². The normalized spacial score (nSPS) is 29.1. The fraction of sp³-hybridized carbons (Fsp3) is 0.462. The van der Waals surface area contributed by atoms with Crippen molar-refractivity contribution in [3.05, 3.63) is 35.1 Å². The Bertz CT molecular complexity index is 414. The van der Waals surface area contributed by atoms with Gasteiger partial charge in [-0.1, -0.05) is 25.2 Å². The largest absolute Gasteiger partial charge is 0.312 e. The zero-order chi connectivity index (χ0) is 10.4. The van der Waals surface area contributed by atoms with E-state index in [1.807, 2.05) is 4.90 Å². The number of carbonyl (C=O) groups excluding carboxylic acids is 1. The highest BCUT2D eigenvalue weighted by Gasteiger charge is 2.33. The maximum absolute atomic E-state index is 11.7. The minimum atomic E-state index is 0.306. The Morgan fingerprint density at radius 2 is 2.20 bits per heavy atom. The van der Waals surface area contributed by atoms with E-state index in [-0.39, 0.29) is 0 Å². The van der Waals surface area contributed by atoms with Crippen LogP contribution in [0.4, 0.5) is 0 Å². The van der Waals surface area contributed by atoms with Crippen molar-refractivity contribution in [1.29, 1.82) is 0 Å². The number of hydrogen-bond donors (Lipinski definition) is 0. The van der Waals surface area contributed by atoms with E-state index in [0.717, 1.165) is 19.4 Å². The Hall–Kier alpha value is -1.31. The lowest BCUT2D eigenvalue weighted by atomic mass is 10.00. The van der Waals surface area contributed by atoms with Gasteiger partial charge in [0, 0.05) is 18.7 Å². The van der Waals surface area contributed by atoms with Crippen molar-refractivity contribution in [1.82, 2.24) is 4.90 Å². The molecule has 2 nitrogen and oxygen atoms in total. The molecule has 1 aliphatic carbocycles. The monoisotopic (exact) mass is 201 g/mol. The molecule has 2 aliphatic heterocycles. The molecule has 0 aromatic heterocycles. The lowest BCUT2D eigenvalue weighted by Gasteiger charge is -2.25. The van der Waals surface area contributed by atoms with E-state index in [1.165, 1.54) is 16.8 Å². The first kappa shape index (κ1) is 8.96. The molecule has 0 bridgehead atoms. The van der Waals surface area contributed by atoms with Crippen molar-refractivity contribution in [2.24, 2.45) is 5.92 Å². The van der Waals surface area contributed by atoms with Gasteiger partial charge in [0.2, 0.25) is 5.91 Å². The summed E-state index contributed by atoms with van der Waals surface area (Å²) in [5.74, 6) is 0.806. The third-order valence-corrected chi connectivity index (χ3v) is 3.46. The summed E-state index contributed by atoms with van der Waals surface area (Å²) < 4.78 is 0. The molecule has 0 spiro atoms. The Balaban J connectivity index is 2.14. The number of hydrogen-bond acceptors (Lipinski definition) is 1. The van der Waals surface area contributed by atoms with E-state index in [4.69, 9.17) is 0 Å². The van der Waals surface area contributed by atoms with Crippen LogP contribution >= 0.6 is 0 Å². The fourth-order valence-electron chi connectivity index (χ4n) is 2.73. The molecule has 78 valence electrons. The standard InChI is InChI=1S/C13H15NO/c1-9-2-3-10-4-5-12(15)14-7-6-11(8-9)13(10)14/h2-3,8-9H,4-7H2,1H3. The number of rotatable bonds is 0. The third kappa shape index (κ3) is 1.28. The summed E-state index contributed by atoms with van der Waals surface area (Å²) in [4.78, 5) is 13.7. The minimum Gasteiger partial charge on any atom is -0.312 e. The number of carbonyl (C=O) groups is 1. The Labute approximate surface area is 90.0 Å². The summed E-state index contributed by atoms with van der Waals surface area (Å²) in [5.41, 5.74) is 3.98. The van der Waals surface area contributed by atoms with Crippen LogP contribution in [0.15, 0.2) is 35.1 Å². The first-order valence-corrected chi connectivity index (χ1v) is 5.68. The third-order valence-electron chi connectivity index (χ3n) is 3.46. The van der Waals surface area contributed by atoms with Gasteiger partial charge in [-0.25, -0.2) is 0 Å². The Morgan fingerprint density at radius 3 is 3.07 bits per heavy atom. The second kappa shape index (κ2) is 3.09. The highest BCUT2D eigenvalue weighted by atomic mass is 16.2. The van der Waals surface area contributed by atoms with Crippen LogP contribution in [0.2, 0.25) is 0 Å². The smallest absolute Gasteiger partial charge is 0.227 e. The van der Waals surface area contributed by atoms with E-state index < -0.39 is 0 Å². The molecule has 15 heavy (non-hydrogen) atoms. The maximum atomic E-state index is 11.7. The number of allylic oxidation sites excluding steroid dienone is 5. The molecule has 1 amide bonds. The lowest BCUT2D eigenvalue weighted by Crippen LogP contribution is -2.30. The van der Waals surface area contributed by atoms with Crippen LogP contribution in [0, 0.1) is 5.92 Å². The van der Waals surface area contributed by atoms with Crippen molar-refractivity contribution in [3.8, 4) is 0 Å². The predicted octanol–water partition coefficient (Wildman–Crippen LogP) is 2.40. The van der Waals surface area contributed by atoms with Crippen LogP contribution in [-0.2, 0) is 4.79 Å². The van der Waals surface area contributed by atoms with Crippen molar-refractivity contribution >= 4 is 5.91 Å². The van der Waals surface area contributed by atoms with E-state index in [2.05, 4.69) is 25.2 Å². The average Bonchev–Trinajstić information content (AvgIpc) is 2.55. The van der Waals surface area contributed by atoms with E-state index in [9.17, 15) is 4.79 Å². The molecular formula is C13H15NO. The van der Waals surface area contributed by atoms with Crippen LogP contribution in [0.5, 0.6) is 0 Å². The summed E-state index contributed by atoms with van der Waals surface area (Å²) >= 11 is 0. The van der Waals surface area contributed by atoms with Crippen LogP contribution in [-0.4, -0.2) is 17.4 Å². The molecule has 2 heterocycles. The molecule has 0 N–H and O–H groups in total. The zero-order valence-electron chi connectivity index (χ0n) is 8.99. The number of amides is 1. The summed E-state index contributed by atoms with van der Waals surface area (Å²) in [7, 11) is 0. The summed E-state index contributed by atoms with van der Waals surface area (Å²) in [6, 6.07) is 0. The summed E-state index contributed by atoms with van der Waals surface area (Å²) in [6.45, 7) is 3.09. The van der Waals surface area contributed by atoms with Gasteiger partial charge in [-0.05, 0) is 29.9 Å². The van der Waals surface area contributed by atoms with Crippen molar-refractivity contribution in [2.45, 2.75) is 26.2 Å². The minimum absolute atomic E-state index is 0.306. The van der Waals surface area contributed by atoms with Gasteiger partial charge in [0.15, 0.2) is 0 Å². The molecule has 0 aromatic rings. The highest BCUT2D eigenvalue weighted by molar-refractivity contribution is 5.82. The molecule has 1 atom stereocenters. The van der Waals surface area contributed by atoms with E-state index in [1.54, 1.807) is 0 Å². The first-order chi connectivity index (χ1) is 7.25. The van der Waals surface area contributed by atoms with Gasteiger partial charge in [0.25, 0.3) is 0 Å². The molecule has 2 heteroatoms. The van der Waals surface area contributed by atoms with Gasteiger partial charge in [-0.2, -0.15) is 0 Å². The second-order valence-corrected chi connectivity index (χ2v) is 4.58. The molecule has 0 aromatic carbocycles. The fourth-order valence-corrected chi connectivity index (χ4v) is 2.73. The van der Waals surface area contributed by atoms with Gasteiger partial charge < -0.3 is 4.90 Å². The lowest BCUT2D eigenvalue weighted by molar-refractivity contribution is -0.129. The van der Waals surface area contributed by atoms with Gasteiger partial charge in [0.1, 0.15) is 0 Å². The van der Waals surface area contributed by atoms with E-state index >= 15 is 0 Å². The molecule has 1 unspecified atom stereocenters.